The van der Waals surface area contributed by atoms with E-state index >= 15 is 0 Å². The standard InChI is InChI=1S/C10H18N4/c1-14-8-10(12-13-14)7-11-9-5-3-2-4-6-9/h8-9,11H,2-7H2,1H3. The molecule has 2 rings (SSSR count). The van der Waals surface area contributed by atoms with Crippen LogP contribution >= 0.6 is 0 Å². The third-order valence-electron chi connectivity index (χ3n) is 2.83. The molecule has 4 heteroatoms. The zero-order chi connectivity index (χ0) is 9.80. The van der Waals surface area contributed by atoms with Gasteiger partial charge in [-0.2, -0.15) is 0 Å². The molecule has 0 aliphatic heterocycles. The van der Waals surface area contributed by atoms with Gasteiger partial charge in [0.1, 0.15) is 0 Å². The Balaban J connectivity index is 1.76. The van der Waals surface area contributed by atoms with E-state index in [4.69, 9.17) is 0 Å². The Morgan fingerprint density at radius 1 is 1.43 bits per heavy atom. The second-order valence-corrected chi connectivity index (χ2v) is 4.10. The normalized spacial score (nSPS) is 18.6. The average Bonchev–Trinajstić information content (AvgIpc) is 2.63. The Labute approximate surface area is 84.7 Å². The highest BCUT2D eigenvalue weighted by Crippen LogP contribution is 2.17. The molecule has 0 aromatic carbocycles. The first-order chi connectivity index (χ1) is 6.84. The van der Waals surface area contributed by atoms with E-state index in [1.54, 1.807) is 4.68 Å². The first-order valence-corrected chi connectivity index (χ1v) is 5.43. The molecule has 1 heterocycles. The van der Waals surface area contributed by atoms with Crippen molar-refractivity contribution < 1.29 is 0 Å². The van der Waals surface area contributed by atoms with Crippen LogP contribution in [0.5, 0.6) is 0 Å². The predicted octanol–water partition coefficient (Wildman–Crippen LogP) is 1.24. The number of nitrogens with one attached hydrogen (secondary N) is 1. The highest BCUT2D eigenvalue weighted by Gasteiger charge is 2.12. The van der Waals surface area contributed by atoms with Crippen LogP contribution in [-0.4, -0.2) is 21.0 Å². The Hall–Kier alpha value is -0.900. The van der Waals surface area contributed by atoms with Crippen LogP contribution in [0.15, 0.2) is 6.20 Å². The van der Waals surface area contributed by atoms with Crippen molar-refractivity contribution in [3.05, 3.63) is 11.9 Å². The molecular formula is C10H18N4. The van der Waals surface area contributed by atoms with Crippen LogP contribution in [-0.2, 0) is 13.6 Å². The van der Waals surface area contributed by atoms with Crippen molar-refractivity contribution in [1.82, 2.24) is 20.3 Å². The molecule has 1 aliphatic carbocycles. The summed E-state index contributed by atoms with van der Waals surface area (Å²) < 4.78 is 1.75. The topological polar surface area (TPSA) is 42.7 Å². The molecule has 0 spiro atoms. The molecule has 0 bridgehead atoms. The Morgan fingerprint density at radius 2 is 2.21 bits per heavy atom. The van der Waals surface area contributed by atoms with Gasteiger partial charge in [-0.3, -0.25) is 4.68 Å². The second kappa shape index (κ2) is 4.55. The highest BCUT2D eigenvalue weighted by atomic mass is 15.4. The zero-order valence-corrected chi connectivity index (χ0v) is 8.74. The van der Waals surface area contributed by atoms with Gasteiger partial charge in [0.2, 0.25) is 0 Å². The lowest BCUT2D eigenvalue weighted by Gasteiger charge is -2.22. The fourth-order valence-electron chi connectivity index (χ4n) is 2.03. The van der Waals surface area contributed by atoms with Crippen molar-refractivity contribution >= 4 is 0 Å². The van der Waals surface area contributed by atoms with Crippen molar-refractivity contribution in [2.45, 2.75) is 44.7 Å². The first kappa shape index (κ1) is 9.65. The van der Waals surface area contributed by atoms with Gasteiger partial charge in [0.15, 0.2) is 0 Å². The monoisotopic (exact) mass is 194 g/mol. The molecule has 0 radical (unpaired) electrons. The highest BCUT2D eigenvalue weighted by molar-refractivity contribution is 4.91. The number of hydrogen-bond acceptors (Lipinski definition) is 3. The fourth-order valence-corrected chi connectivity index (χ4v) is 2.03. The molecule has 1 fully saturated rings. The lowest BCUT2D eigenvalue weighted by molar-refractivity contribution is 0.371. The smallest absolute Gasteiger partial charge is 0.0964 e. The van der Waals surface area contributed by atoms with Gasteiger partial charge in [-0.15, -0.1) is 5.10 Å². The summed E-state index contributed by atoms with van der Waals surface area (Å²) in [5, 5.41) is 11.5. The zero-order valence-electron chi connectivity index (χ0n) is 8.74. The van der Waals surface area contributed by atoms with E-state index in [1.807, 2.05) is 13.2 Å². The summed E-state index contributed by atoms with van der Waals surface area (Å²) in [6, 6.07) is 0.700. The molecule has 0 atom stereocenters. The van der Waals surface area contributed by atoms with Crippen LogP contribution in [0, 0.1) is 0 Å². The summed E-state index contributed by atoms with van der Waals surface area (Å²) in [6.07, 6.45) is 8.76. The average molecular weight is 194 g/mol. The minimum Gasteiger partial charge on any atom is -0.308 e. The van der Waals surface area contributed by atoms with E-state index < -0.39 is 0 Å². The van der Waals surface area contributed by atoms with Gasteiger partial charge in [-0.1, -0.05) is 24.5 Å². The summed E-state index contributed by atoms with van der Waals surface area (Å²) in [6.45, 7) is 0.860. The van der Waals surface area contributed by atoms with E-state index in [0.717, 1.165) is 12.2 Å². The van der Waals surface area contributed by atoms with Crippen molar-refractivity contribution in [2.75, 3.05) is 0 Å². The Bertz CT molecular complexity index is 275. The van der Waals surface area contributed by atoms with E-state index in [1.165, 1.54) is 32.1 Å². The molecule has 0 unspecified atom stereocenters. The molecule has 78 valence electrons. The summed E-state index contributed by atoms with van der Waals surface area (Å²) >= 11 is 0. The quantitative estimate of drug-likeness (QED) is 0.787. The van der Waals surface area contributed by atoms with Gasteiger partial charge < -0.3 is 5.32 Å². The van der Waals surface area contributed by atoms with Crippen molar-refractivity contribution in [1.29, 1.82) is 0 Å². The molecule has 1 saturated carbocycles. The Morgan fingerprint density at radius 3 is 2.86 bits per heavy atom. The number of aryl methyl sites for hydroxylation is 1. The van der Waals surface area contributed by atoms with Crippen LogP contribution in [0.4, 0.5) is 0 Å². The fraction of sp³-hybridized carbons (Fsp3) is 0.800. The number of rotatable bonds is 3. The lowest BCUT2D eigenvalue weighted by Crippen LogP contribution is -2.30. The number of nitrogens with zero attached hydrogens (tertiary/aromatic N) is 3. The summed E-state index contributed by atoms with van der Waals surface area (Å²) in [5.41, 5.74) is 1.04. The molecule has 0 amide bonds. The second-order valence-electron chi connectivity index (χ2n) is 4.10. The summed E-state index contributed by atoms with van der Waals surface area (Å²) in [4.78, 5) is 0. The lowest BCUT2D eigenvalue weighted by atomic mass is 9.95. The molecule has 4 nitrogen and oxygen atoms in total. The van der Waals surface area contributed by atoms with Gasteiger partial charge in [0, 0.05) is 25.8 Å². The van der Waals surface area contributed by atoms with E-state index in [9.17, 15) is 0 Å². The maximum atomic E-state index is 4.05. The maximum Gasteiger partial charge on any atom is 0.0964 e. The van der Waals surface area contributed by atoms with Gasteiger partial charge in [-0.25, -0.2) is 0 Å². The van der Waals surface area contributed by atoms with Crippen molar-refractivity contribution in [2.24, 2.45) is 7.05 Å². The maximum absolute atomic E-state index is 4.05. The van der Waals surface area contributed by atoms with Crippen LogP contribution in [0.2, 0.25) is 0 Å². The predicted molar refractivity (Wildman–Crippen MR) is 54.7 cm³/mol. The van der Waals surface area contributed by atoms with Crippen LogP contribution in [0.1, 0.15) is 37.8 Å². The largest absolute Gasteiger partial charge is 0.308 e. The summed E-state index contributed by atoms with van der Waals surface area (Å²) in [5.74, 6) is 0. The van der Waals surface area contributed by atoms with Crippen LogP contribution < -0.4 is 5.32 Å². The summed E-state index contributed by atoms with van der Waals surface area (Å²) in [7, 11) is 1.90. The molecule has 1 N–H and O–H groups in total. The van der Waals surface area contributed by atoms with E-state index in [0.29, 0.717) is 6.04 Å². The molecule has 14 heavy (non-hydrogen) atoms. The molecule has 0 saturated heterocycles. The van der Waals surface area contributed by atoms with Crippen LogP contribution in [0.3, 0.4) is 0 Å². The van der Waals surface area contributed by atoms with E-state index in [-0.39, 0.29) is 0 Å². The Kier molecular flexibility index (Phi) is 3.14. The van der Waals surface area contributed by atoms with Gasteiger partial charge in [0.25, 0.3) is 0 Å². The number of aromatic nitrogens is 3. The van der Waals surface area contributed by atoms with Gasteiger partial charge >= 0.3 is 0 Å². The number of hydrogen-bond donors (Lipinski definition) is 1. The van der Waals surface area contributed by atoms with Crippen molar-refractivity contribution in [3.8, 4) is 0 Å². The first-order valence-electron chi connectivity index (χ1n) is 5.43. The van der Waals surface area contributed by atoms with Crippen molar-refractivity contribution in [3.63, 3.8) is 0 Å². The minimum absolute atomic E-state index is 0.700. The van der Waals surface area contributed by atoms with Gasteiger partial charge in [-0.05, 0) is 12.8 Å². The van der Waals surface area contributed by atoms with E-state index in [2.05, 4.69) is 15.6 Å². The molecule has 1 aliphatic rings. The molecule has 1 aromatic rings. The van der Waals surface area contributed by atoms with Crippen LogP contribution in [0.25, 0.3) is 0 Å². The molecular weight excluding hydrogens is 176 g/mol. The van der Waals surface area contributed by atoms with Gasteiger partial charge in [0.05, 0.1) is 5.69 Å². The SMILES string of the molecule is Cn1cc(CNC2CCCCC2)nn1. The third-order valence-corrected chi connectivity index (χ3v) is 2.83. The minimum atomic E-state index is 0.700. The third kappa shape index (κ3) is 2.54. The molecule has 1 aromatic heterocycles.